The van der Waals surface area contributed by atoms with Gasteiger partial charge < -0.3 is 5.32 Å². The number of thiophene rings is 1. The van der Waals surface area contributed by atoms with Crippen LogP contribution in [0.1, 0.15) is 12.4 Å². The van der Waals surface area contributed by atoms with Gasteiger partial charge in [0.1, 0.15) is 11.6 Å². The van der Waals surface area contributed by atoms with E-state index >= 15 is 0 Å². The van der Waals surface area contributed by atoms with Crippen LogP contribution in [0.2, 0.25) is 0 Å². The Hall–Kier alpha value is -2.87. The van der Waals surface area contributed by atoms with Gasteiger partial charge in [-0.05, 0) is 23.6 Å². The molecule has 0 aliphatic carbocycles. The first kappa shape index (κ1) is 15.6. The second kappa shape index (κ2) is 6.56. The highest BCUT2D eigenvalue weighted by atomic mass is 32.1. The lowest BCUT2D eigenvalue weighted by Crippen LogP contribution is -2.10. The van der Waals surface area contributed by atoms with E-state index in [1.165, 1.54) is 12.4 Å². The van der Waals surface area contributed by atoms with E-state index in [4.69, 9.17) is 0 Å². The highest BCUT2D eigenvalue weighted by molar-refractivity contribution is 7.08. The first-order chi connectivity index (χ1) is 12.2. The third-order valence-corrected chi connectivity index (χ3v) is 4.44. The van der Waals surface area contributed by atoms with Crippen LogP contribution in [0.15, 0.2) is 53.5 Å². The maximum Gasteiger partial charge on any atom is 0.319 e. The van der Waals surface area contributed by atoms with Crippen LogP contribution in [-0.4, -0.2) is 19.5 Å². The monoisotopic (exact) mass is 357 g/mol. The molecule has 0 bridgehead atoms. The van der Waals surface area contributed by atoms with Crippen molar-refractivity contribution in [2.45, 2.75) is 13.1 Å². The summed E-state index contributed by atoms with van der Waals surface area (Å²) >= 11 is 1.57. The van der Waals surface area contributed by atoms with Gasteiger partial charge in [0.15, 0.2) is 5.82 Å². The second-order valence-electron chi connectivity index (χ2n) is 5.31. The molecule has 0 aliphatic heterocycles. The maximum absolute atomic E-state index is 13.0. The number of anilines is 1. The number of halogens is 2. The van der Waals surface area contributed by atoms with Gasteiger partial charge in [-0.15, -0.1) is 0 Å². The summed E-state index contributed by atoms with van der Waals surface area (Å²) in [5.74, 6) is 1.44. The Bertz CT molecular complexity index is 997. The summed E-state index contributed by atoms with van der Waals surface area (Å²) in [7, 11) is 0. The van der Waals surface area contributed by atoms with Gasteiger partial charge in [-0.2, -0.15) is 20.1 Å². The minimum atomic E-state index is -2.62. The molecule has 1 N–H and O–H groups in total. The van der Waals surface area contributed by atoms with Crippen molar-refractivity contribution in [1.29, 1.82) is 0 Å². The van der Waals surface area contributed by atoms with Crippen LogP contribution < -0.4 is 5.32 Å². The number of aromatic nitrogens is 4. The van der Waals surface area contributed by atoms with Gasteiger partial charge in [0.25, 0.3) is 0 Å². The summed E-state index contributed by atoms with van der Waals surface area (Å²) in [5.41, 5.74) is 1.71. The van der Waals surface area contributed by atoms with Crippen molar-refractivity contribution in [2.75, 3.05) is 5.32 Å². The van der Waals surface area contributed by atoms with Crippen molar-refractivity contribution in [1.82, 2.24) is 19.5 Å². The van der Waals surface area contributed by atoms with Crippen molar-refractivity contribution >= 4 is 28.1 Å². The molecule has 5 nitrogen and oxygen atoms in total. The van der Waals surface area contributed by atoms with Gasteiger partial charge in [-0.3, -0.25) is 4.57 Å². The average Bonchev–Trinajstić information content (AvgIpc) is 3.31. The van der Waals surface area contributed by atoms with Gasteiger partial charge >= 0.3 is 6.55 Å². The second-order valence-corrected chi connectivity index (χ2v) is 6.09. The molecular weight excluding hydrogens is 344 g/mol. The summed E-state index contributed by atoms with van der Waals surface area (Å²) in [6, 6.07) is 9.54. The van der Waals surface area contributed by atoms with Crippen LogP contribution in [0, 0.1) is 0 Å². The van der Waals surface area contributed by atoms with Gasteiger partial charge in [0, 0.05) is 28.7 Å². The molecule has 8 heteroatoms. The number of benzene rings is 1. The van der Waals surface area contributed by atoms with E-state index in [1.807, 2.05) is 41.1 Å². The Morgan fingerprint density at radius 1 is 1.16 bits per heavy atom. The van der Waals surface area contributed by atoms with E-state index in [2.05, 4.69) is 20.3 Å². The Kier molecular flexibility index (Phi) is 4.10. The summed E-state index contributed by atoms with van der Waals surface area (Å²) in [6.07, 6.45) is 2.62. The highest BCUT2D eigenvalue weighted by Gasteiger charge is 2.13. The summed E-state index contributed by atoms with van der Waals surface area (Å²) < 4.78 is 26.8. The predicted octanol–water partition coefficient (Wildman–Crippen LogP) is 4.56. The molecule has 0 radical (unpaired) electrons. The lowest BCUT2D eigenvalue weighted by Gasteiger charge is -2.11. The van der Waals surface area contributed by atoms with Crippen molar-refractivity contribution in [3.05, 3.63) is 59.3 Å². The fourth-order valence-corrected chi connectivity index (χ4v) is 3.19. The molecule has 126 valence electrons. The summed E-state index contributed by atoms with van der Waals surface area (Å²) in [4.78, 5) is 13.1. The van der Waals surface area contributed by atoms with Crippen LogP contribution in [0.3, 0.4) is 0 Å². The van der Waals surface area contributed by atoms with Crippen LogP contribution >= 0.6 is 11.3 Å². The Labute approximate surface area is 146 Å². The van der Waals surface area contributed by atoms with Crippen molar-refractivity contribution in [3.8, 4) is 11.4 Å². The zero-order valence-corrected chi connectivity index (χ0v) is 13.8. The molecule has 0 fully saturated rings. The molecule has 0 saturated heterocycles. The molecule has 4 aromatic rings. The number of hydrogen-bond acceptors (Lipinski definition) is 5. The van der Waals surface area contributed by atoms with E-state index < -0.39 is 6.55 Å². The minimum absolute atomic E-state index is 0.140. The zero-order chi connectivity index (χ0) is 17.2. The number of hydrogen-bond donors (Lipinski definition) is 1. The van der Waals surface area contributed by atoms with Crippen molar-refractivity contribution in [2.24, 2.45) is 0 Å². The number of para-hydroxylation sites is 1. The topological polar surface area (TPSA) is 55.6 Å². The van der Waals surface area contributed by atoms with E-state index in [-0.39, 0.29) is 12.4 Å². The number of nitrogens with zero attached hydrogens (tertiary/aromatic N) is 4. The summed E-state index contributed by atoms with van der Waals surface area (Å²) in [5, 5.41) is 7.88. The lowest BCUT2D eigenvalue weighted by atomic mass is 10.2. The van der Waals surface area contributed by atoms with E-state index in [1.54, 1.807) is 11.3 Å². The molecule has 1 aromatic carbocycles. The molecule has 0 amide bonds. The predicted molar refractivity (Wildman–Crippen MR) is 93.7 cm³/mol. The molecule has 25 heavy (non-hydrogen) atoms. The first-order valence-corrected chi connectivity index (χ1v) is 8.50. The quantitative estimate of drug-likeness (QED) is 0.569. The lowest BCUT2D eigenvalue weighted by molar-refractivity contribution is 0.0673. The molecule has 0 aliphatic rings. The van der Waals surface area contributed by atoms with Crippen LogP contribution in [0.4, 0.5) is 14.6 Å². The third-order valence-electron chi connectivity index (χ3n) is 3.76. The smallest absolute Gasteiger partial charge is 0.319 e. The molecule has 0 saturated carbocycles. The number of alkyl halides is 2. The molecule has 3 heterocycles. The molecular formula is C17H13F2N5S. The van der Waals surface area contributed by atoms with Gasteiger partial charge in [-0.25, -0.2) is 15.0 Å². The standard InChI is InChI=1S/C17H13F2N5S/c18-17(19)24-7-6-20-14(24)9-21-16-12-3-1-2-4-13(12)22-15(23-16)11-5-8-25-10-11/h1-8,10,17H,9H2,(H,21,22,23). The van der Waals surface area contributed by atoms with Crippen LogP contribution in [0.5, 0.6) is 0 Å². The molecule has 0 atom stereocenters. The Morgan fingerprint density at radius 3 is 2.84 bits per heavy atom. The molecule has 0 spiro atoms. The molecule has 4 rings (SSSR count). The van der Waals surface area contributed by atoms with Crippen molar-refractivity contribution in [3.63, 3.8) is 0 Å². The van der Waals surface area contributed by atoms with Gasteiger partial charge in [0.05, 0.1) is 12.1 Å². The van der Waals surface area contributed by atoms with Gasteiger partial charge in [0.2, 0.25) is 0 Å². The Balaban J connectivity index is 1.71. The van der Waals surface area contributed by atoms with Crippen molar-refractivity contribution < 1.29 is 8.78 Å². The van der Waals surface area contributed by atoms with Crippen LogP contribution in [0.25, 0.3) is 22.3 Å². The SMILES string of the molecule is FC(F)n1ccnc1CNc1nc(-c2ccsc2)nc2ccccc12. The largest absolute Gasteiger partial charge is 0.362 e. The summed E-state index contributed by atoms with van der Waals surface area (Å²) in [6.45, 7) is -2.48. The van der Waals surface area contributed by atoms with Crippen LogP contribution in [-0.2, 0) is 6.54 Å². The van der Waals surface area contributed by atoms with Gasteiger partial charge in [-0.1, -0.05) is 12.1 Å². The number of fused-ring (bicyclic) bond motifs is 1. The fraction of sp³-hybridized carbons (Fsp3) is 0.118. The third kappa shape index (κ3) is 3.08. The number of rotatable bonds is 5. The molecule has 0 unspecified atom stereocenters. The average molecular weight is 357 g/mol. The number of imidazole rings is 1. The van der Waals surface area contributed by atoms with E-state index in [0.29, 0.717) is 11.6 Å². The van der Waals surface area contributed by atoms with E-state index in [0.717, 1.165) is 21.0 Å². The highest BCUT2D eigenvalue weighted by Crippen LogP contribution is 2.26. The Morgan fingerprint density at radius 2 is 2.04 bits per heavy atom. The maximum atomic E-state index is 13.0. The fourth-order valence-electron chi connectivity index (χ4n) is 2.55. The molecule has 3 aromatic heterocycles. The van der Waals surface area contributed by atoms with E-state index in [9.17, 15) is 8.78 Å². The first-order valence-electron chi connectivity index (χ1n) is 7.55. The normalized spacial score (nSPS) is 11.3. The number of nitrogens with one attached hydrogen (secondary N) is 1. The zero-order valence-electron chi connectivity index (χ0n) is 12.9. The minimum Gasteiger partial charge on any atom is -0.362 e.